The Bertz CT molecular complexity index is 395. The lowest BCUT2D eigenvalue weighted by atomic mass is 10.1. The highest BCUT2D eigenvalue weighted by Gasteiger charge is 2.22. The Morgan fingerprint density at radius 2 is 2.29 bits per heavy atom. The number of carbonyl (C=O) groups is 1. The molecular formula is C8H7BrFNO3. The molecule has 4 nitrogen and oxygen atoms in total. The summed E-state index contributed by atoms with van der Waals surface area (Å²) in [6.45, 7) is 0. The Kier molecular flexibility index (Phi) is 2.95. The zero-order valence-electron chi connectivity index (χ0n) is 7.17. The number of halogens is 2. The Hall–Kier alpha value is -1.30. The number of rotatable bonds is 2. The number of ether oxygens (including phenoxy) is 1. The molecule has 0 fully saturated rings. The quantitative estimate of drug-likeness (QED) is 0.800. The van der Waals surface area contributed by atoms with E-state index in [1.165, 1.54) is 13.2 Å². The van der Waals surface area contributed by atoms with Gasteiger partial charge in [0.05, 0.1) is 17.3 Å². The van der Waals surface area contributed by atoms with Gasteiger partial charge in [-0.1, -0.05) is 0 Å². The molecule has 0 aliphatic heterocycles. The average Bonchev–Trinajstić information content (AvgIpc) is 2.10. The molecule has 14 heavy (non-hydrogen) atoms. The molecule has 0 aliphatic rings. The maximum atomic E-state index is 13.3. The summed E-state index contributed by atoms with van der Waals surface area (Å²) in [4.78, 5) is 10.7. The number of aromatic carboxylic acids is 1. The fraction of sp³-hybridized carbons (Fsp3) is 0.125. The van der Waals surface area contributed by atoms with E-state index in [1.807, 2.05) is 0 Å². The highest BCUT2D eigenvalue weighted by atomic mass is 79.9. The summed E-state index contributed by atoms with van der Waals surface area (Å²) < 4.78 is 18.0. The van der Waals surface area contributed by atoms with Crippen LogP contribution in [0.25, 0.3) is 0 Å². The first kappa shape index (κ1) is 10.8. The molecule has 0 unspecified atom stereocenters. The zero-order valence-corrected chi connectivity index (χ0v) is 8.76. The molecule has 76 valence electrons. The predicted molar refractivity (Wildman–Crippen MR) is 52.0 cm³/mol. The van der Waals surface area contributed by atoms with Gasteiger partial charge in [-0.3, -0.25) is 0 Å². The Morgan fingerprint density at radius 3 is 2.71 bits per heavy atom. The SMILES string of the molecule is COc1c(N)cc(Br)c(F)c1C(=O)O. The second-order valence-electron chi connectivity index (χ2n) is 2.48. The molecule has 0 amide bonds. The van der Waals surface area contributed by atoms with Crippen LogP contribution in [-0.2, 0) is 0 Å². The van der Waals surface area contributed by atoms with Crippen LogP contribution in [0.2, 0.25) is 0 Å². The summed E-state index contributed by atoms with van der Waals surface area (Å²) in [6, 6.07) is 1.25. The molecule has 1 aromatic rings. The number of nitrogen functional groups attached to an aromatic ring is 1. The van der Waals surface area contributed by atoms with E-state index < -0.39 is 17.3 Å². The third-order valence-electron chi connectivity index (χ3n) is 1.62. The van der Waals surface area contributed by atoms with E-state index in [4.69, 9.17) is 15.6 Å². The van der Waals surface area contributed by atoms with Crippen LogP contribution in [0.3, 0.4) is 0 Å². The number of methoxy groups -OCH3 is 1. The largest absolute Gasteiger partial charge is 0.494 e. The lowest BCUT2D eigenvalue weighted by Crippen LogP contribution is -2.07. The van der Waals surface area contributed by atoms with Crippen molar-refractivity contribution >= 4 is 27.6 Å². The summed E-state index contributed by atoms with van der Waals surface area (Å²) in [5.74, 6) is -2.49. The fourth-order valence-electron chi connectivity index (χ4n) is 1.04. The van der Waals surface area contributed by atoms with Crippen LogP contribution in [-0.4, -0.2) is 18.2 Å². The molecule has 6 heteroatoms. The van der Waals surface area contributed by atoms with Crippen molar-refractivity contribution in [1.29, 1.82) is 0 Å². The number of hydrogen-bond acceptors (Lipinski definition) is 3. The van der Waals surface area contributed by atoms with Gasteiger partial charge in [0.1, 0.15) is 5.56 Å². The second kappa shape index (κ2) is 3.83. The minimum atomic E-state index is -1.42. The molecule has 0 atom stereocenters. The number of carboxylic acids is 1. The minimum absolute atomic E-state index is 0.00630. The summed E-state index contributed by atoms with van der Waals surface area (Å²) in [6.07, 6.45) is 0. The molecule has 0 spiro atoms. The van der Waals surface area contributed by atoms with Crippen molar-refractivity contribution in [1.82, 2.24) is 0 Å². The van der Waals surface area contributed by atoms with Gasteiger partial charge >= 0.3 is 5.97 Å². The maximum absolute atomic E-state index is 13.3. The highest BCUT2D eigenvalue weighted by Crippen LogP contribution is 2.33. The highest BCUT2D eigenvalue weighted by molar-refractivity contribution is 9.10. The topological polar surface area (TPSA) is 72.5 Å². The van der Waals surface area contributed by atoms with Gasteiger partial charge in [0.25, 0.3) is 0 Å². The van der Waals surface area contributed by atoms with Gasteiger partial charge in [0.2, 0.25) is 0 Å². The van der Waals surface area contributed by atoms with Gasteiger partial charge in [-0.25, -0.2) is 9.18 Å². The molecule has 0 saturated heterocycles. The molecular weight excluding hydrogens is 257 g/mol. The molecule has 0 bridgehead atoms. The summed E-state index contributed by atoms with van der Waals surface area (Å²) in [7, 11) is 1.23. The first-order valence-electron chi connectivity index (χ1n) is 3.53. The Morgan fingerprint density at radius 1 is 1.71 bits per heavy atom. The molecule has 0 aliphatic carbocycles. The molecule has 0 saturated carbocycles. The monoisotopic (exact) mass is 263 g/mol. The van der Waals surface area contributed by atoms with Gasteiger partial charge in [-0.15, -0.1) is 0 Å². The first-order chi connectivity index (χ1) is 6.49. The predicted octanol–water partition coefficient (Wildman–Crippen LogP) is 1.88. The number of benzene rings is 1. The van der Waals surface area contributed by atoms with Crippen LogP contribution in [0.15, 0.2) is 10.5 Å². The van der Waals surface area contributed by atoms with Crippen molar-refractivity contribution in [2.24, 2.45) is 0 Å². The Labute approximate surface area is 87.6 Å². The maximum Gasteiger partial charge on any atom is 0.342 e. The van der Waals surface area contributed by atoms with E-state index in [9.17, 15) is 9.18 Å². The summed E-state index contributed by atoms with van der Waals surface area (Å²) >= 11 is 2.85. The number of anilines is 1. The third-order valence-corrected chi connectivity index (χ3v) is 2.20. The lowest BCUT2D eigenvalue weighted by Gasteiger charge is -2.09. The smallest absolute Gasteiger partial charge is 0.342 e. The zero-order chi connectivity index (χ0) is 10.9. The van der Waals surface area contributed by atoms with Gasteiger partial charge < -0.3 is 15.6 Å². The van der Waals surface area contributed by atoms with Gasteiger partial charge in [-0.2, -0.15) is 0 Å². The normalized spacial score (nSPS) is 9.93. The van der Waals surface area contributed by atoms with Crippen molar-refractivity contribution in [3.8, 4) is 5.75 Å². The Balaban J connectivity index is 3.56. The van der Waals surface area contributed by atoms with Crippen molar-refractivity contribution in [3.63, 3.8) is 0 Å². The lowest BCUT2D eigenvalue weighted by molar-refractivity contribution is 0.0688. The summed E-state index contributed by atoms with van der Waals surface area (Å²) in [5, 5.41) is 8.73. The molecule has 0 heterocycles. The van der Waals surface area contributed by atoms with Crippen LogP contribution in [0.4, 0.5) is 10.1 Å². The fourth-order valence-corrected chi connectivity index (χ4v) is 1.48. The number of carboxylic acid groups (broad SMARTS) is 1. The van der Waals surface area contributed by atoms with Gasteiger partial charge in [0, 0.05) is 0 Å². The minimum Gasteiger partial charge on any atom is -0.494 e. The standard InChI is InChI=1S/C8H7BrFNO3/c1-14-7-4(11)2-3(9)6(10)5(7)8(12)13/h2H,11H2,1H3,(H,12,13). The molecule has 0 radical (unpaired) electrons. The van der Waals surface area contributed by atoms with Crippen molar-refractivity contribution in [2.75, 3.05) is 12.8 Å². The van der Waals surface area contributed by atoms with Gasteiger partial charge in [0.15, 0.2) is 11.6 Å². The third kappa shape index (κ3) is 1.65. The van der Waals surface area contributed by atoms with Crippen molar-refractivity contribution in [3.05, 3.63) is 21.9 Å². The molecule has 1 rings (SSSR count). The van der Waals surface area contributed by atoms with E-state index >= 15 is 0 Å². The van der Waals surface area contributed by atoms with Crippen LogP contribution < -0.4 is 10.5 Å². The van der Waals surface area contributed by atoms with Crippen LogP contribution in [0, 0.1) is 5.82 Å². The average molecular weight is 264 g/mol. The molecule has 3 N–H and O–H groups in total. The summed E-state index contributed by atoms with van der Waals surface area (Å²) in [5.41, 5.74) is 4.95. The van der Waals surface area contributed by atoms with Crippen LogP contribution in [0.5, 0.6) is 5.75 Å². The van der Waals surface area contributed by atoms with E-state index in [1.54, 1.807) is 0 Å². The van der Waals surface area contributed by atoms with E-state index in [-0.39, 0.29) is 15.9 Å². The van der Waals surface area contributed by atoms with Crippen LogP contribution in [0.1, 0.15) is 10.4 Å². The van der Waals surface area contributed by atoms with E-state index in [0.717, 1.165) is 0 Å². The number of hydrogen-bond donors (Lipinski definition) is 2. The number of nitrogens with two attached hydrogens (primary N) is 1. The van der Waals surface area contributed by atoms with Gasteiger partial charge in [-0.05, 0) is 22.0 Å². The second-order valence-corrected chi connectivity index (χ2v) is 3.33. The van der Waals surface area contributed by atoms with Crippen molar-refractivity contribution < 1.29 is 19.0 Å². The molecule has 1 aromatic carbocycles. The van der Waals surface area contributed by atoms with E-state index in [0.29, 0.717) is 0 Å². The molecule has 0 aromatic heterocycles. The van der Waals surface area contributed by atoms with Crippen molar-refractivity contribution in [2.45, 2.75) is 0 Å². The van der Waals surface area contributed by atoms with Crippen LogP contribution >= 0.6 is 15.9 Å². The first-order valence-corrected chi connectivity index (χ1v) is 4.33. The van der Waals surface area contributed by atoms with E-state index in [2.05, 4.69) is 15.9 Å².